The van der Waals surface area contributed by atoms with Gasteiger partial charge in [-0.1, -0.05) is 93.4 Å². The Hall–Kier alpha value is -1.84. The molecule has 2 unspecified atom stereocenters. The molecule has 0 radical (unpaired) electrons. The quantitative estimate of drug-likeness (QED) is 0.251. The van der Waals surface area contributed by atoms with Gasteiger partial charge in [-0.05, 0) is 73.7 Å². The molecule has 0 spiro atoms. The van der Waals surface area contributed by atoms with Crippen molar-refractivity contribution in [1.29, 1.82) is 0 Å². The summed E-state index contributed by atoms with van der Waals surface area (Å²) in [4.78, 5) is 2.56. The van der Waals surface area contributed by atoms with Gasteiger partial charge in [0, 0.05) is 24.9 Å². The highest BCUT2D eigenvalue weighted by atomic mass is 28.3. The molecule has 194 valence electrons. The van der Waals surface area contributed by atoms with E-state index in [-0.39, 0.29) is 5.60 Å². The van der Waals surface area contributed by atoms with Crippen molar-refractivity contribution in [1.82, 2.24) is 0 Å². The monoisotopic (exact) mass is 501 g/mol. The third-order valence-electron chi connectivity index (χ3n) is 9.23. The molecule has 3 heteroatoms. The van der Waals surface area contributed by atoms with E-state index in [1.54, 1.807) is 16.7 Å². The standard InChI is InChI=1S/C33H47NOSi/c1-24-19-20-29-28(23-24)30-31(34(29)5)26-17-11-12-18-27(26)32(30)36(6,25-15-9-10-16-25)22-14-8-7-13-21-35-33(2,3)4/h11-12,17-20,23,25,31H,7-10,13-16,21-22H2,1-6H3. The van der Waals surface area contributed by atoms with Crippen LogP contribution in [-0.4, -0.2) is 27.3 Å². The number of benzene rings is 2. The molecule has 3 aliphatic rings. The first-order valence-corrected chi connectivity index (χ1v) is 17.3. The molecular weight excluding hydrogens is 454 g/mol. The van der Waals surface area contributed by atoms with Crippen LogP contribution < -0.4 is 4.90 Å². The lowest BCUT2D eigenvalue weighted by molar-refractivity contribution is -0.00471. The lowest BCUT2D eigenvalue weighted by atomic mass is 10.0. The summed E-state index contributed by atoms with van der Waals surface area (Å²) in [5.41, 5.74) is 10.1. The van der Waals surface area contributed by atoms with Gasteiger partial charge in [0.2, 0.25) is 0 Å². The highest BCUT2D eigenvalue weighted by Gasteiger charge is 2.50. The van der Waals surface area contributed by atoms with Gasteiger partial charge in [0.15, 0.2) is 0 Å². The molecule has 0 saturated heterocycles. The van der Waals surface area contributed by atoms with E-state index in [4.69, 9.17) is 4.74 Å². The van der Waals surface area contributed by atoms with E-state index < -0.39 is 8.07 Å². The van der Waals surface area contributed by atoms with Crippen LogP contribution in [0.25, 0.3) is 10.8 Å². The van der Waals surface area contributed by atoms with Gasteiger partial charge in [0.1, 0.15) is 0 Å². The zero-order valence-corrected chi connectivity index (χ0v) is 24.6. The molecule has 0 bridgehead atoms. The Kier molecular flexibility index (Phi) is 7.26. The largest absolute Gasteiger partial charge is 0.376 e. The van der Waals surface area contributed by atoms with Gasteiger partial charge in [-0.25, -0.2) is 0 Å². The highest BCUT2D eigenvalue weighted by Crippen LogP contribution is 2.61. The fraction of sp³-hybridized carbons (Fsp3) is 0.576. The molecule has 1 fully saturated rings. The number of likely N-dealkylation sites (N-methyl/N-ethyl adjacent to an activating group) is 1. The normalized spacial score (nSPS) is 21.1. The summed E-state index contributed by atoms with van der Waals surface area (Å²) < 4.78 is 5.98. The van der Waals surface area contributed by atoms with Gasteiger partial charge in [0.05, 0.1) is 19.7 Å². The van der Waals surface area contributed by atoms with Crippen LogP contribution in [0.2, 0.25) is 18.1 Å². The van der Waals surface area contributed by atoms with Crippen molar-refractivity contribution in [2.75, 3.05) is 18.6 Å². The van der Waals surface area contributed by atoms with Crippen molar-refractivity contribution in [2.45, 2.75) is 109 Å². The van der Waals surface area contributed by atoms with E-state index in [9.17, 15) is 0 Å². The lowest BCUT2D eigenvalue weighted by Crippen LogP contribution is -2.37. The number of hydrogen-bond acceptors (Lipinski definition) is 2. The van der Waals surface area contributed by atoms with E-state index in [1.165, 1.54) is 74.2 Å². The molecule has 1 aliphatic heterocycles. The number of unbranched alkanes of at least 4 members (excludes halogenated alkanes) is 3. The van der Waals surface area contributed by atoms with Crippen LogP contribution in [-0.2, 0) is 4.74 Å². The van der Waals surface area contributed by atoms with Crippen molar-refractivity contribution in [3.63, 3.8) is 0 Å². The summed E-state index contributed by atoms with van der Waals surface area (Å²) in [6.07, 6.45) is 10.9. The van der Waals surface area contributed by atoms with Crippen LogP contribution in [0, 0.1) is 6.92 Å². The summed E-state index contributed by atoms with van der Waals surface area (Å²) in [5.74, 6) is 0. The second-order valence-electron chi connectivity index (χ2n) is 12.9. The molecular formula is C33H47NOSi. The first-order valence-electron chi connectivity index (χ1n) is 14.5. The Morgan fingerprint density at radius 3 is 2.42 bits per heavy atom. The molecule has 36 heavy (non-hydrogen) atoms. The van der Waals surface area contributed by atoms with Crippen molar-refractivity contribution in [3.8, 4) is 0 Å². The Labute approximate surface area is 221 Å². The molecule has 5 rings (SSSR count). The first kappa shape index (κ1) is 25.8. The minimum absolute atomic E-state index is 0.0166. The van der Waals surface area contributed by atoms with Gasteiger partial charge in [-0.2, -0.15) is 0 Å². The summed E-state index contributed by atoms with van der Waals surface area (Å²) >= 11 is 0. The van der Waals surface area contributed by atoms with Crippen LogP contribution in [0.5, 0.6) is 0 Å². The molecule has 2 aromatic rings. The molecule has 1 saturated carbocycles. The maximum atomic E-state index is 5.98. The zero-order valence-electron chi connectivity index (χ0n) is 23.6. The van der Waals surface area contributed by atoms with Crippen LogP contribution >= 0.6 is 0 Å². The van der Waals surface area contributed by atoms with Gasteiger partial charge in [0.25, 0.3) is 0 Å². The molecule has 1 heterocycles. The summed E-state index contributed by atoms with van der Waals surface area (Å²) in [7, 11) is 0.607. The number of ether oxygens (including phenoxy) is 1. The lowest BCUT2D eigenvalue weighted by Gasteiger charge is -2.37. The molecule has 2 aliphatic carbocycles. The van der Waals surface area contributed by atoms with Crippen LogP contribution in [0.4, 0.5) is 5.69 Å². The number of hydrogen-bond donors (Lipinski definition) is 0. The summed E-state index contributed by atoms with van der Waals surface area (Å²) in [6.45, 7) is 12.4. The van der Waals surface area contributed by atoms with Crippen molar-refractivity contribution < 1.29 is 4.74 Å². The van der Waals surface area contributed by atoms with Gasteiger partial charge in [-0.3, -0.25) is 0 Å². The fourth-order valence-electron chi connectivity index (χ4n) is 7.43. The number of fused-ring (bicyclic) bond motifs is 5. The van der Waals surface area contributed by atoms with Crippen LogP contribution in [0.1, 0.15) is 100 Å². The maximum absolute atomic E-state index is 5.98. The molecule has 2 aromatic carbocycles. The summed E-state index contributed by atoms with van der Waals surface area (Å²) in [5, 5.41) is 1.82. The molecule has 0 amide bonds. The highest BCUT2D eigenvalue weighted by molar-refractivity contribution is 6.98. The van der Waals surface area contributed by atoms with Gasteiger partial charge in [-0.15, -0.1) is 0 Å². The first-order chi connectivity index (χ1) is 17.2. The van der Waals surface area contributed by atoms with E-state index in [0.717, 1.165) is 12.1 Å². The predicted octanol–water partition coefficient (Wildman–Crippen LogP) is 9.35. The second kappa shape index (κ2) is 10.1. The van der Waals surface area contributed by atoms with Gasteiger partial charge >= 0.3 is 0 Å². The average molecular weight is 502 g/mol. The minimum Gasteiger partial charge on any atom is -0.376 e. The van der Waals surface area contributed by atoms with Crippen molar-refractivity contribution in [3.05, 3.63) is 64.7 Å². The van der Waals surface area contributed by atoms with E-state index >= 15 is 0 Å². The Morgan fingerprint density at radius 2 is 1.67 bits per heavy atom. The summed E-state index contributed by atoms with van der Waals surface area (Å²) in [6, 6.07) is 18.4. The van der Waals surface area contributed by atoms with Crippen molar-refractivity contribution in [2.24, 2.45) is 0 Å². The Morgan fingerprint density at radius 1 is 0.944 bits per heavy atom. The number of nitrogens with zero attached hydrogens (tertiary/aromatic N) is 1. The SMILES string of the molecule is Cc1ccc2c(c1)C1=C([Si](C)(CCCCCCOC(C)(C)C)C3CCCC3)c3ccccc3C1N2C. The van der Waals surface area contributed by atoms with Crippen LogP contribution in [0.3, 0.4) is 0 Å². The number of anilines is 1. The molecule has 0 aromatic heterocycles. The predicted molar refractivity (Wildman–Crippen MR) is 158 cm³/mol. The van der Waals surface area contributed by atoms with Crippen LogP contribution in [0.15, 0.2) is 42.5 Å². The van der Waals surface area contributed by atoms with E-state index in [0.29, 0.717) is 6.04 Å². The number of aryl methyl sites for hydroxylation is 1. The minimum atomic E-state index is -1.71. The third-order valence-corrected chi connectivity index (χ3v) is 14.7. The van der Waals surface area contributed by atoms with Crippen molar-refractivity contribution >= 4 is 24.5 Å². The molecule has 2 nitrogen and oxygen atoms in total. The Bertz CT molecular complexity index is 1120. The topological polar surface area (TPSA) is 12.5 Å². The fourth-order valence-corrected chi connectivity index (χ4v) is 12.9. The molecule has 2 atom stereocenters. The number of rotatable bonds is 9. The smallest absolute Gasteiger partial charge is 0.0880 e. The Balaban J connectivity index is 1.47. The second-order valence-corrected chi connectivity index (χ2v) is 17.6. The average Bonchev–Trinajstić information content (AvgIpc) is 3.54. The molecule has 0 N–H and O–H groups in total. The maximum Gasteiger partial charge on any atom is 0.0880 e. The zero-order chi connectivity index (χ0) is 25.5. The van der Waals surface area contributed by atoms with E-state index in [1.807, 2.05) is 5.20 Å². The van der Waals surface area contributed by atoms with E-state index in [2.05, 4.69) is 88.7 Å². The third kappa shape index (κ3) is 4.74. The van der Waals surface area contributed by atoms with Gasteiger partial charge < -0.3 is 9.64 Å².